The number of hydrogen-bond donors (Lipinski definition) is 1. The summed E-state index contributed by atoms with van der Waals surface area (Å²) in [7, 11) is 0. The second-order valence-corrected chi connectivity index (χ2v) is 4.93. The van der Waals surface area contributed by atoms with E-state index < -0.39 is 0 Å². The van der Waals surface area contributed by atoms with Gasteiger partial charge in [-0.1, -0.05) is 52.9 Å². The smallest absolute Gasteiger partial charge is 0.0436 e. The highest BCUT2D eigenvalue weighted by Crippen LogP contribution is 2.39. The third kappa shape index (κ3) is 6.19. The molecule has 0 amide bonds. The third-order valence-corrected chi connectivity index (χ3v) is 3.54. The van der Waals surface area contributed by atoms with Gasteiger partial charge in [-0.3, -0.25) is 0 Å². The molecular weight excluding hydrogens is 184 g/mol. The minimum absolute atomic E-state index is 0.368. The fourth-order valence-electron chi connectivity index (χ4n) is 2.62. The van der Waals surface area contributed by atoms with Gasteiger partial charge in [0.1, 0.15) is 0 Å². The maximum atomic E-state index is 9.23. The highest BCUT2D eigenvalue weighted by atomic mass is 16.3. The average molecular weight is 214 g/mol. The summed E-state index contributed by atoms with van der Waals surface area (Å²) in [6.07, 6.45) is 11.4. The zero-order valence-electron chi connectivity index (χ0n) is 11.0. The van der Waals surface area contributed by atoms with Crippen molar-refractivity contribution < 1.29 is 5.11 Å². The molecular formula is C14H30O. The van der Waals surface area contributed by atoms with Gasteiger partial charge in [0.05, 0.1) is 0 Å². The lowest BCUT2D eigenvalue weighted by molar-refractivity contribution is 0.137. The molecule has 0 fully saturated rings. The highest BCUT2D eigenvalue weighted by Gasteiger charge is 2.26. The van der Waals surface area contributed by atoms with Crippen LogP contribution in [0.1, 0.15) is 78.6 Å². The van der Waals surface area contributed by atoms with Crippen molar-refractivity contribution in [1.29, 1.82) is 0 Å². The number of aliphatic hydroxyl groups excluding tert-OH is 1. The van der Waals surface area contributed by atoms with Crippen LogP contribution < -0.4 is 0 Å². The molecule has 0 heterocycles. The molecule has 1 N–H and O–H groups in total. The standard InChI is InChI=1S/C14H30O/c1-4-7-10-14(9-6-3,12-13-15)11-8-5-2/h15H,4-13H2,1-3H3. The minimum atomic E-state index is 0.368. The van der Waals surface area contributed by atoms with Crippen molar-refractivity contribution in [3.63, 3.8) is 0 Å². The largest absolute Gasteiger partial charge is 0.396 e. The number of hydrogen-bond acceptors (Lipinski definition) is 1. The van der Waals surface area contributed by atoms with Gasteiger partial charge < -0.3 is 5.11 Å². The summed E-state index contributed by atoms with van der Waals surface area (Å²) in [4.78, 5) is 0. The highest BCUT2D eigenvalue weighted by molar-refractivity contribution is 4.78. The topological polar surface area (TPSA) is 20.2 Å². The summed E-state index contributed by atoms with van der Waals surface area (Å²) >= 11 is 0. The SMILES string of the molecule is CCCCC(CCC)(CCO)CCCC. The second-order valence-electron chi connectivity index (χ2n) is 4.93. The summed E-state index contributed by atoms with van der Waals surface area (Å²) in [5, 5.41) is 9.23. The Morgan fingerprint density at radius 1 is 0.733 bits per heavy atom. The van der Waals surface area contributed by atoms with Crippen LogP contribution in [-0.2, 0) is 0 Å². The zero-order valence-corrected chi connectivity index (χ0v) is 11.0. The monoisotopic (exact) mass is 214 g/mol. The summed E-state index contributed by atoms with van der Waals surface area (Å²) < 4.78 is 0. The van der Waals surface area contributed by atoms with Crippen LogP contribution >= 0.6 is 0 Å². The molecule has 1 heteroatoms. The normalized spacial score (nSPS) is 12.0. The molecule has 15 heavy (non-hydrogen) atoms. The van der Waals surface area contributed by atoms with Crippen molar-refractivity contribution in [1.82, 2.24) is 0 Å². The predicted octanol–water partition coefficient (Wildman–Crippen LogP) is 4.54. The van der Waals surface area contributed by atoms with Crippen molar-refractivity contribution in [2.24, 2.45) is 5.41 Å². The molecule has 0 atom stereocenters. The Kier molecular flexibility index (Phi) is 9.18. The van der Waals surface area contributed by atoms with E-state index in [0.717, 1.165) is 6.42 Å². The lowest BCUT2D eigenvalue weighted by atomic mass is 9.72. The van der Waals surface area contributed by atoms with E-state index >= 15 is 0 Å². The molecule has 0 bridgehead atoms. The van der Waals surface area contributed by atoms with Crippen molar-refractivity contribution in [2.75, 3.05) is 6.61 Å². The van der Waals surface area contributed by atoms with Gasteiger partial charge in [0.15, 0.2) is 0 Å². The van der Waals surface area contributed by atoms with Crippen LogP contribution in [0.25, 0.3) is 0 Å². The fraction of sp³-hybridized carbons (Fsp3) is 1.00. The first-order valence-corrected chi connectivity index (χ1v) is 6.85. The summed E-state index contributed by atoms with van der Waals surface area (Å²) in [5.41, 5.74) is 0.454. The Morgan fingerprint density at radius 3 is 1.60 bits per heavy atom. The molecule has 0 spiro atoms. The van der Waals surface area contributed by atoms with Gasteiger partial charge in [-0.05, 0) is 31.1 Å². The zero-order chi connectivity index (χ0) is 11.6. The number of aliphatic hydroxyl groups is 1. The summed E-state index contributed by atoms with van der Waals surface area (Å²) in [6, 6.07) is 0. The molecule has 0 aliphatic carbocycles. The Labute approximate surface area is 96.3 Å². The molecule has 0 radical (unpaired) electrons. The van der Waals surface area contributed by atoms with E-state index in [1.165, 1.54) is 51.4 Å². The van der Waals surface area contributed by atoms with Crippen molar-refractivity contribution in [2.45, 2.75) is 78.6 Å². The second kappa shape index (κ2) is 9.21. The molecule has 0 saturated carbocycles. The average Bonchev–Trinajstić information content (AvgIpc) is 2.24. The van der Waals surface area contributed by atoms with E-state index in [2.05, 4.69) is 20.8 Å². The molecule has 0 aliphatic heterocycles. The van der Waals surface area contributed by atoms with E-state index in [9.17, 15) is 5.11 Å². The lowest BCUT2D eigenvalue weighted by Crippen LogP contribution is -2.22. The van der Waals surface area contributed by atoms with Crippen LogP contribution in [-0.4, -0.2) is 11.7 Å². The first-order valence-electron chi connectivity index (χ1n) is 6.85. The minimum Gasteiger partial charge on any atom is -0.396 e. The van der Waals surface area contributed by atoms with Gasteiger partial charge in [-0.25, -0.2) is 0 Å². The fourth-order valence-corrected chi connectivity index (χ4v) is 2.62. The van der Waals surface area contributed by atoms with Gasteiger partial charge in [-0.2, -0.15) is 0 Å². The van der Waals surface area contributed by atoms with E-state index in [1.807, 2.05) is 0 Å². The van der Waals surface area contributed by atoms with Crippen LogP contribution in [0.5, 0.6) is 0 Å². The lowest BCUT2D eigenvalue weighted by Gasteiger charge is -2.33. The first kappa shape index (κ1) is 15.0. The Bertz CT molecular complexity index is 115. The van der Waals surface area contributed by atoms with E-state index in [0.29, 0.717) is 12.0 Å². The molecule has 0 aromatic heterocycles. The Morgan fingerprint density at radius 2 is 1.27 bits per heavy atom. The van der Waals surface area contributed by atoms with E-state index in [-0.39, 0.29) is 0 Å². The van der Waals surface area contributed by atoms with Gasteiger partial charge >= 0.3 is 0 Å². The molecule has 0 unspecified atom stereocenters. The maximum Gasteiger partial charge on any atom is 0.0436 e. The summed E-state index contributed by atoms with van der Waals surface area (Å²) in [5.74, 6) is 0. The van der Waals surface area contributed by atoms with Gasteiger partial charge in [0, 0.05) is 6.61 Å². The van der Waals surface area contributed by atoms with Crippen LogP contribution in [0.15, 0.2) is 0 Å². The predicted molar refractivity (Wildman–Crippen MR) is 68.1 cm³/mol. The molecule has 0 saturated heterocycles. The summed E-state index contributed by atoms with van der Waals surface area (Å²) in [6.45, 7) is 7.16. The Balaban J connectivity index is 4.26. The molecule has 0 aromatic rings. The van der Waals surface area contributed by atoms with E-state index in [1.54, 1.807) is 0 Å². The quantitative estimate of drug-likeness (QED) is 0.566. The van der Waals surface area contributed by atoms with E-state index in [4.69, 9.17) is 0 Å². The molecule has 92 valence electrons. The van der Waals surface area contributed by atoms with Gasteiger partial charge in [0.2, 0.25) is 0 Å². The molecule has 1 nitrogen and oxygen atoms in total. The number of rotatable bonds is 10. The van der Waals surface area contributed by atoms with Crippen LogP contribution in [0.2, 0.25) is 0 Å². The van der Waals surface area contributed by atoms with Crippen molar-refractivity contribution >= 4 is 0 Å². The Hall–Kier alpha value is -0.0400. The van der Waals surface area contributed by atoms with Crippen molar-refractivity contribution in [3.8, 4) is 0 Å². The molecule has 0 aromatic carbocycles. The van der Waals surface area contributed by atoms with Crippen LogP contribution in [0, 0.1) is 5.41 Å². The first-order chi connectivity index (χ1) is 7.24. The third-order valence-electron chi connectivity index (χ3n) is 3.54. The van der Waals surface area contributed by atoms with Crippen molar-refractivity contribution in [3.05, 3.63) is 0 Å². The maximum absolute atomic E-state index is 9.23. The van der Waals surface area contributed by atoms with Crippen LogP contribution in [0.3, 0.4) is 0 Å². The molecule has 0 rings (SSSR count). The van der Waals surface area contributed by atoms with Crippen LogP contribution in [0.4, 0.5) is 0 Å². The van der Waals surface area contributed by atoms with Gasteiger partial charge in [0.25, 0.3) is 0 Å². The number of unbranched alkanes of at least 4 members (excludes halogenated alkanes) is 2. The molecule has 0 aliphatic rings. The van der Waals surface area contributed by atoms with Gasteiger partial charge in [-0.15, -0.1) is 0 Å².